The summed E-state index contributed by atoms with van der Waals surface area (Å²) >= 11 is 0. The van der Waals surface area contributed by atoms with Crippen LogP contribution < -0.4 is 5.73 Å². The normalized spacial score (nSPS) is 14.0. The van der Waals surface area contributed by atoms with Gasteiger partial charge in [0.25, 0.3) is 0 Å². The van der Waals surface area contributed by atoms with Crippen molar-refractivity contribution in [3.63, 3.8) is 0 Å². The van der Waals surface area contributed by atoms with Crippen LogP contribution in [0.5, 0.6) is 0 Å². The lowest BCUT2D eigenvalue weighted by atomic mass is 10.7. The highest BCUT2D eigenvalue weighted by Gasteiger charge is 2.16. The van der Waals surface area contributed by atoms with Crippen LogP contribution in [0.1, 0.15) is 0 Å². The van der Waals surface area contributed by atoms with E-state index in [0.717, 1.165) is 0 Å². The molecule has 0 spiro atoms. The Morgan fingerprint density at radius 3 is 2.00 bits per heavy atom. The molecule has 0 saturated heterocycles. The first-order valence-corrected chi connectivity index (χ1v) is 1.59. The van der Waals surface area contributed by atoms with E-state index in [1.54, 1.807) is 0 Å². The topological polar surface area (TPSA) is 52.1 Å². The summed E-state index contributed by atoms with van der Waals surface area (Å²) in [6.45, 7) is 0. The number of hydrogen-bond donors (Lipinski definition) is 1. The Bertz CT molecular complexity index is 108. The lowest BCUT2D eigenvalue weighted by Gasteiger charge is -1.95. The standard InChI is InChI=1S/C2H3F3N2O/c3-1(4)2(6)7(5)8/h1H,6H2. The molecule has 0 aromatic carbocycles. The molecule has 0 aliphatic heterocycles. The molecule has 8 heavy (non-hydrogen) atoms. The molecule has 0 aromatic heterocycles. The molecule has 0 heterocycles. The quantitative estimate of drug-likeness (QED) is 0.178. The molecule has 0 saturated carbocycles. The van der Waals surface area contributed by atoms with Gasteiger partial charge in [0.15, 0.2) is 0 Å². The van der Waals surface area contributed by atoms with Gasteiger partial charge in [-0.05, 0) is 0 Å². The summed E-state index contributed by atoms with van der Waals surface area (Å²) in [7, 11) is 0. The molecule has 0 atom stereocenters. The van der Waals surface area contributed by atoms with E-state index in [2.05, 4.69) is 5.73 Å². The van der Waals surface area contributed by atoms with Crippen molar-refractivity contribution in [1.82, 2.24) is 0 Å². The maximum absolute atomic E-state index is 11.0. The first-order chi connectivity index (χ1) is 3.55. The number of nitrogens with two attached hydrogens (primary N) is 1. The minimum atomic E-state index is -3.22. The van der Waals surface area contributed by atoms with Gasteiger partial charge in [-0.25, -0.2) is 0 Å². The fourth-order valence-electron chi connectivity index (χ4n) is 0.0767. The van der Waals surface area contributed by atoms with Gasteiger partial charge in [0.1, 0.15) is 0 Å². The predicted octanol–water partition coefficient (Wildman–Crippen LogP) is 0.00350. The number of halogens is 3. The predicted molar refractivity (Wildman–Crippen MR) is 19.9 cm³/mol. The third kappa shape index (κ3) is 1.67. The zero-order valence-corrected chi connectivity index (χ0v) is 3.64. The minimum absolute atomic E-state index is 1.56. The van der Waals surface area contributed by atoms with Crippen LogP contribution in [0.2, 0.25) is 0 Å². The van der Waals surface area contributed by atoms with Crippen molar-refractivity contribution in [2.45, 2.75) is 6.43 Å². The van der Waals surface area contributed by atoms with Crippen LogP contribution in [0.3, 0.4) is 0 Å². The molecule has 0 unspecified atom stereocenters. The van der Waals surface area contributed by atoms with Crippen LogP contribution in [0, 0.1) is 5.21 Å². The molecule has 0 aliphatic carbocycles. The van der Waals surface area contributed by atoms with E-state index in [1.807, 2.05) is 0 Å². The zero-order valence-electron chi connectivity index (χ0n) is 3.64. The Hall–Kier alpha value is -0.940. The van der Waals surface area contributed by atoms with Crippen molar-refractivity contribution in [3.8, 4) is 0 Å². The first kappa shape index (κ1) is 7.06. The van der Waals surface area contributed by atoms with Crippen LogP contribution >= 0.6 is 0 Å². The number of hydrogen-bond acceptors (Lipinski definition) is 1. The van der Waals surface area contributed by atoms with Gasteiger partial charge in [0, 0.05) is 4.48 Å². The highest BCUT2D eigenvalue weighted by atomic mass is 19.3. The molecular weight excluding hydrogens is 125 g/mol. The monoisotopic (exact) mass is 128 g/mol. The SMILES string of the molecule is NC(C(F)F)=[N+]([O-])F. The number of nitrogens with zero attached hydrogens (tertiary/aromatic N) is 1. The van der Waals surface area contributed by atoms with Crippen molar-refractivity contribution in [1.29, 1.82) is 0 Å². The summed E-state index contributed by atoms with van der Waals surface area (Å²) in [5.74, 6) is -1.62. The molecule has 0 amide bonds. The smallest absolute Gasteiger partial charge is 0.350 e. The highest BCUT2D eigenvalue weighted by molar-refractivity contribution is 5.78. The van der Waals surface area contributed by atoms with E-state index in [1.165, 1.54) is 0 Å². The molecule has 0 rings (SSSR count). The second kappa shape index (κ2) is 2.39. The summed E-state index contributed by atoms with van der Waals surface area (Å²) in [5.41, 5.74) is 4.16. The molecule has 0 bridgehead atoms. The molecular formula is C2H3F3N2O. The second-order valence-corrected chi connectivity index (χ2v) is 0.970. The first-order valence-electron chi connectivity index (χ1n) is 1.59. The van der Waals surface area contributed by atoms with Crippen LogP contribution in [0.15, 0.2) is 0 Å². The molecule has 0 radical (unpaired) electrons. The summed E-state index contributed by atoms with van der Waals surface area (Å²) < 4.78 is 33.1. The summed E-state index contributed by atoms with van der Waals surface area (Å²) in [4.78, 5) is -1.56. The second-order valence-electron chi connectivity index (χ2n) is 0.970. The molecule has 0 fully saturated rings. The minimum Gasteiger partial charge on any atom is -0.681 e. The summed E-state index contributed by atoms with van der Waals surface area (Å²) in [5, 5.41) is 9.19. The van der Waals surface area contributed by atoms with Crippen LogP contribution in [0.4, 0.5) is 13.3 Å². The van der Waals surface area contributed by atoms with Gasteiger partial charge in [-0.3, -0.25) is 5.73 Å². The van der Waals surface area contributed by atoms with E-state index in [4.69, 9.17) is 0 Å². The summed E-state index contributed by atoms with van der Waals surface area (Å²) in [6, 6.07) is 0. The van der Waals surface area contributed by atoms with E-state index in [0.29, 0.717) is 0 Å². The van der Waals surface area contributed by atoms with Crippen molar-refractivity contribution in [3.05, 3.63) is 5.21 Å². The molecule has 0 aliphatic rings. The lowest BCUT2D eigenvalue weighted by Crippen LogP contribution is -2.27. The van der Waals surface area contributed by atoms with Gasteiger partial charge in [0.2, 0.25) is 0 Å². The van der Waals surface area contributed by atoms with Crippen molar-refractivity contribution in [2.24, 2.45) is 5.73 Å². The fourth-order valence-corrected chi connectivity index (χ4v) is 0.0767. The van der Waals surface area contributed by atoms with Gasteiger partial charge >= 0.3 is 12.3 Å². The Morgan fingerprint density at radius 2 is 2.00 bits per heavy atom. The van der Waals surface area contributed by atoms with Gasteiger partial charge < -0.3 is 5.21 Å². The van der Waals surface area contributed by atoms with Crippen molar-refractivity contribution >= 4 is 5.84 Å². The van der Waals surface area contributed by atoms with E-state index in [9.17, 15) is 18.5 Å². The maximum atomic E-state index is 11.0. The summed E-state index contributed by atoms with van der Waals surface area (Å²) in [6.07, 6.45) is -3.22. The Labute approximate surface area is 42.7 Å². The fraction of sp³-hybridized carbons (Fsp3) is 0.500. The van der Waals surface area contributed by atoms with Gasteiger partial charge in [-0.1, -0.05) is 4.96 Å². The average Bonchev–Trinajstić information content (AvgIpc) is 1.64. The molecule has 0 aromatic rings. The van der Waals surface area contributed by atoms with Crippen LogP contribution in [-0.4, -0.2) is 17.2 Å². The van der Waals surface area contributed by atoms with E-state index < -0.39 is 17.2 Å². The highest BCUT2D eigenvalue weighted by Crippen LogP contribution is 1.90. The van der Waals surface area contributed by atoms with Crippen molar-refractivity contribution < 1.29 is 18.2 Å². The Morgan fingerprint density at radius 1 is 1.62 bits per heavy atom. The number of alkyl halides is 2. The molecule has 2 N–H and O–H groups in total. The zero-order chi connectivity index (χ0) is 6.73. The third-order valence-corrected chi connectivity index (χ3v) is 0.427. The maximum Gasteiger partial charge on any atom is 0.350 e. The lowest BCUT2D eigenvalue weighted by molar-refractivity contribution is -0.657. The Balaban J connectivity index is 4.00. The number of amidine groups is 1. The van der Waals surface area contributed by atoms with Gasteiger partial charge in [-0.15, -0.1) is 0 Å². The molecule has 48 valence electrons. The third-order valence-electron chi connectivity index (χ3n) is 0.427. The molecule has 6 heteroatoms. The van der Waals surface area contributed by atoms with Crippen LogP contribution in [-0.2, 0) is 0 Å². The van der Waals surface area contributed by atoms with E-state index in [-0.39, 0.29) is 0 Å². The van der Waals surface area contributed by atoms with Gasteiger partial charge in [0.05, 0.1) is 0 Å². The number of rotatable bonds is 1. The molecule has 3 nitrogen and oxygen atoms in total. The largest absolute Gasteiger partial charge is 0.681 e. The van der Waals surface area contributed by atoms with Crippen LogP contribution in [0.25, 0.3) is 0 Å². The average molecular weight is 128 g/mol. The van der Waals surface area contributed by atoms with E-state index >= 15 is 0 Å². The van der Waals surface area contributed by atoms with Crippen molar-refractivity contribution in [2.75, 3.05) is 0 Å². The van der Waals surface area contributed by atoms with Gasteiger partial charge in [-0.2, -0.15) is 8.78 Å². The Kier molecular flexibility index (Phi) is 2.11.